The first-order valence-corrected chi connectivity index (χ1v) is 32.5. The summed E-state index contributed by atoms with van der Waals surface area (Å²) < 4.78 is 43.3. The maximum absolute atomic E-state index is 15.3. The Morgan fingerprint density at radius 3 is 2.49 bits per heavy atom. The van der Waals surface area contributed by atoms with Crippen LogP contribution in [0.25, 0.3) is 20.7 Å². The van der Waals surface area contributed by atoms with E-state index in [0.717, 1.165) is 37.5 Å². The van der Waals surface area contributed by atoms with Gasteiger partial charge < -0.3 is 45.0 Å². The lowest BCUT2D eigenvalue weighted by molar-refractivity contribution is -0.145. The van der Waals surface area contributed by atoms with Crippen LogP contribution in [0.5, 0.6) is 11.5 Å². The number of unbranched alkanes of at least 4 members (excludes halogenated alkanes) is 2. The molecule has 2 aliphatic heterocycles. The molecule has 472 valence electrons. The number of aliphatic hydroxyl groups excluding tert-OH is 1. The van der Waals surface area contributed by atoms with Crippen LogP contribution in [-0.2, 0) is 45.1 Å². The highest BCUT2D eigenvalue weighted by Gasteiger charge is 2.53. The van der Waals surface area contributed by atoms with Crippen molar-refractivity contribution in [2.75, 3.05) is 50.1 Å². The van der Waals surface area contributed by atoms with Crippen molar-refractivity contribution in [3.8, 4) is 33.8 Å². The Morgan fingerprint density at radius 2 is 1.73 bits per heavy atom. The number of aryl methyl sites for hydroxylation is 2. The number of carbonyl (C=O) groups excluding carboxylic acids is 5. The van der Waals surface area contributed by atoms with E-state index in [1.165, 1.54) is 55.9 Å². The van der Waals surface area contributed by atoms with Gasteiger partial charge in [0.2, 0.25) is 17.7 Å². The highest BCUT2D eigenvalue weighted by Crippen LogP contribution is 2.41. The number of carbonyl (C=O) groups is 6. The molecule has 2 fully saturated rings. The molecule has 0 unspecified atom stereocenters. The monoisotopic (exact) mass is 1280 g/mol. The van der Waals surface area contributed by atoms with Crippen LogP contribution in [0.1, 0.15) is 126 Å². The molecule has 5 N–H and O–H groups in total. The first-order valence-electron chi connectivity index (χ1n) is 30.0. The van der Waals surface area contributed by atoms with Crippen LogP contribution in [-0.4, -0.2) is 134 Å². The molecule has 10 rings (SSSR count). The molecular formula is C66H71F2N9O10S3. The normalized spacial score (nSPS) is 16.1. The van der Waals surface area contributed by atoms with Crippen molar-refractivity contribution < 1.29 is 57.2 Å². The van der Waals surface area contributed by atoms with Crippen molar-refractivity contribution in [3.63, 3.8) is 0 Å². The van der Waals surface area contributed by atoms with Gasteiger partial charge in [-0.1, -0.05) is 86.4 Å². The Bertz CT molecular complexity index is 3870. The molecule has 0 spiro atoms. The molecular weight excluding hydrogens is 1210 g/mol. The van der Waals surface area contributed by atoms with Crippen LogP contribution < -0.4 is 30.3 Å². The summed E-state index contributed by atoms with van der Waals surface area (Å²) in [5, 5.41) is 30.4. The number of rotatable bonds is 24. The van der Waals surface area contributed by atoms with Gasteiger partial charge in [0.15, 0.2) is 33.2 Å². The maximum atomic E-state index is 15.3. The van der Waals surface area contributed by atoms with Crippen molar-refractivity contribution in [1.29, 1.82) is 0 Å². The van der Waals surface area contributed by atoms with Gasteiger partial charge in [-0.2, -0.15) is 0 Å². The van der Waals surface area contributed by atoms with Crippen molar-refractivity contribution >= 4 is 90.0 Å². The highest BCUT2D eigenvalue weighted by atomic mass is 32.1. The van der Waals surface area contributed by atoms with Crippen molar-refractivity contribution in [3.05, 3.63) is 134 Å². The van der Waals surface area contributed by atoms with Crippen LogP contribution in [0, 0.1) is 30.0 Å². The number of alkyl halides is 1. The topological polar surface area (TPSA) is 246 Å². The third-order valence-electron chi connectivity index (χ3n) is 16.1. The number of hydrogen-bond acceptors (Lipinski definition) is 16. The van der Waals surface area contributed by atoms with E-state index in [-0.39, 0.29) is 75.2 Å². The van der Waals surface area contributed by atoms with E-state index in [9.17, 15) is 43.4 Å². The largest absolute Gasteiger partial charge is 0.493 e. The van der Waals surface area contributed by atoms with Gasteiger partial charge in [-0.3, -0.25) is 29.3 Å². The SMILES string of the molecule is Cc1ncsc1-c1ccc(CNC(=O)[C@@H]2C[C@@H](O)CN2C(=O)[C@@H](NC(=O)C2(F)CC2)C(C)(C)C)c(OCCCCCC(=O)N(C)CC#Cc2cccc(F)c2OCCCc2sc(N3CCc4cccc(C(=O)Nc5nc6ccccc6s5)c4C3)nc2C(=O)O)c1. The second kappa shape index (κ2) is 28.2. The molecule has 5 amide bonds. The number of amides is 5. The number of aliphatic hydroxyl groups is 1. The number of hydrogen-bond donors (Lipinski definition) is 5. The molecule has 3 aromatic heterocycles. The van der Waals surface area contributed by atoms with E-state index in [1.54, 1.807) is 45.5 Å². The maximum Gasteiger partial charge on any atom is 0.355 e. The van der Waals surface area contributed by atoms with Gasteiger partial charge in [0.1, 0.15) is 17.8 Å². The van der Waals surface area contributed by atoms with E-state index in [1.807, 2.05) is 66.4 Å². The third kappa shape index (κ3) is 15.4. The second-order valence-corrected chi connectivity index (χ2v) is 26.8. The summed E-state index contributed by atoms with van der Waals surface area (Å²) in [5.74, 6) is 2.29. The summed E-state index contributed by atoms with van der Waals surface area (Å²) in [6.07, 6.45) is 2.53. The van der Waals surface area contributed by atoms with Crippen molar-refractivity contribution in [2.45, 2.75) is 129 Å². The number of benzene rings is 4. The Labute approximate surface area is 532 Å². The minimum absolute atomic E-state index is 0.0152. The van der Waals surface area contributed by atoms with Gasteiger partial charge in [-0.05, 0) is 117 Å². The zero-order valence-corrected chi connectivity index (χ0v) is 53.1. The average Bonchev–Trinajstić information content (AvgIpc) is 1.62. The number of para-hydroxylation sites is 2. The predicted molar refractivity (Wildman–Crippen MR) is 341 cm³/mol. The number of carboxylic acids is 1. The van der Waals surface area contributed by atoms with Crippen LogP contribution >= 0.6 is 34.0 Å². The first kappa shape index (κ1) is 64.6. The van der Waals surface area contributed by atoms with E-state index in [0.29, 0.717) is 95.8 Å². The number of fused-ring (bicyclic) bond motifs is 2. The fraction of sp³-hybridized carbons (Fsp3) is 0.409. The molecule has 3 atom stereocenters. The summed E-state index contributed by atoms with van der Waals surface area (Å²) in [4.78, 5) is 99.7. The van der Waals surface area contributed by atoms with E-state index >= 15 is 4.39 Å². The lowest BCUT2D eigenvalue weighted by Gasteiger charge is -2.35. The molecule has 90 heavy (non-hydrogen) atoms. The van der Waals surface area contributed by atoms with Gasteiger partial charge in [0.05, 0.1) is 57.7 Å². The van der Waals surface area contributed by atoms with Crippen LogP contribution in [0.15, 0.2) is 84.4 Å². The fourth-order valence-electron chi connectivity index (χ4n) is 10.9. The molecule has 0 bridgehead atoms. The average molecular weight is 1280 g/mol. The summed E-state index contributed by atoms with van der Waals surface area (Å²) in [6.45, 7) is 8.42. The zero-order valence-electron chi connectivity index (χ0n) is 50.7. The molecule has 4 aromatic carbocycles. The number of anilines is 2. The van der Waals surface area contributed by atoms with E-state index in [2.05, 4.69) is 42.7 Å². The fourth-order valence-corrected chi connectivity index (χ4v) is 13.6. The number of halogens is 2. The van der Waals surface area contributed by atoms with E-state index in [4.69, 9.17) is 9.47 Å². The van der Waals surface area contributed by atoms with Crippen molar-refractivity contribution in [1.82, 2.24) is 35.4 Å². The molecule has 1 aliphatic carbocycles. The number of aromatic nitrogens is 3. The smallest absolute Gasteiger partial charge is 0.355 e. The summed E-state index contributed by atoms with van der Waals surface area (Å²) in [6, 6.07) is 21.2. The summed E-state index contributed by atoms with van der Waals surface area (Å²) in [7, 11) is 1.65. The zero-order chi connectivity index (χ0) is 63.9. The molecule has 3 aliphatic rings. The van der Waals surface area contributed by atoms with Crippen LogP contribution in [0.2, 0.25) is 0 Å². The van der Waals surface area contributed by atoms with Gasteiger partial charge in [0, 0.05) is 62.1 Å². The number of thiazole rings is 3. The number of aromatic carboxylic acids is 1. The minimum atomic E-state index is -2.00. The first-order chi connectivity index (χ1) is 43.1. The molecule has 7 aromatic rings. The minimum Gasteiger partial charge on any atom is -0.493 e. The van der Waals surface area contributed by atoms with Gasteiger partial charge in [-0.15, -0.1) is 22.7 Å². The molecule has 24 heteroatoms. The van der Waals surface area contributed by atoms with E-state index < -0.39 is 58.8 Å². The standard InChI is InChI=1S/C66H71F2N9O10S3/c1-39-56(88-38-70-39)42-24-25-43(35-69-59(81)49-34-44(78)36-77(49)60(82)57(65(2,3)4)73-62(85)66(68)27-28-66)50(33-42)86-31-10-6-7-23-53(79)75(5)29-13-17-41-16-12-19-47(67)55(41)87-32-14-22-52-54(61(83)84)72-64(90-52)76-30-26-40-15-11-18-45(46(40)37-76)58(80)74-63-71-48-20-8-9-21-51(48)89-63/h8-9,11-12,15-16,18-21,24-25,33,38,44,49,57,78H,6-7,10,14,22-23,26-32,34-37H2,1-5H3,(H,69,81)(H,73,85)(H,83,84)(H,71,74,80)/t44-,49+,57-/m1/s1. The Morgan fingerprint density at radius 1 is 0.944 bits per heavy atom. The molecule has 1 saturated carbocycles. The van der Waals surface area contributed by atoms with Crippen LogP contribution in [0.4, 0.5) is 19.0 Å². The molecule has 0 radical (unpaired) electrons. The number of nitrogens with one attached hydrogen (secondary N) is 3. The Balaban J connectivity index is 0.682. The number of nitrogens with zero attached hydrogens (tertiary/aromatic N) is 6. The quantitative estimate of drug-likeness (QED) is 0.0279. The second-order valence-electron chi connectivity index (χ2n) is 23.8. The van der Waals surface area contributed by atoms with Crippen molar-refractivity contribution in [2.24, 2.45) is 5.41 Å². The van der Waals surface area contributed by atoms with Gasteiger partial charge >= 0.3 is 5.97 Å². The molecule has 1 saturated heterocycles. The van der Waals surface area contributed by atoms with Gasteiger partial charge in [-0.25, -0.2) is 28.5 Å². The summed E-state index contributed by atoms with van der Waals surface area (Å²) >= 11 is 4.15. The predicted octanol–water partition coefficient (Wildman–Crippen LogP) is 9.91. The third-order valence-corrected chi connectivity index (χ3v) is 19.2. The Kier molecular flexibility index (Phi) is 20.2. The molecule has 5 heterocycles. The number of carboxylic acid groups (broad SMARTS) is 1. The highest BCUT2D eigenvalue weighted by molar-refractivity contribution is 7.22. The molecule has 19 nitrogen and oxygen atoms in total. The lowest BCUT2D eigenvalue weighted by Crippen LogP contribution is -2.59. The Hall–Kier alpha value is -8.37. The summed E-state index contributed by atoms with van der Waals surface area (Å²) in [5.41, 5.74) is 4.74. The number of β-amino-alcohol motifs (C(OH)–C–C–N with tert-alkyl or cyclic N) is 1. The lowest BCUT2D eigenvalue weighted by atomic mass is 9.85. The number of likely N-dealkylation sites (tertiary alicyclic amines) is 1. The van der Waals surface area contributed by atoms with Gasteiger partial charge in [0.25, 0.3) is 11.8 Å². The number of ether oxygens (including phenoxy) is 2. The van der Waals surface area contributed by atoms with Crippen LogP contribution in [0.3, 0.4) is 0 Å².